The van der Waals surface area contributed by atoms with Crippen molar-refractivity contribution in [2.45, 2.75) is 18.9 Å². The van der Waals surface area contributed by atoms with Crippen LogP contribution in [0.25, 0.3) is 6.08 Å². The maximum Gasteiger partial charge on any atom is 0.152 e. The first kappa shape index (κ1) is 24.2. The van der Waals surface area contributed by atoms with Crippen LogP contribution in [-0.2, 0) is 0 Å². The molecule has 2 aromatic carbocycles. The number of anilines is 1. The highest BCUT2D eigenvalue weighted by molar-refractivity contribution is 6.33. The minimum absolute atomic E-state index is 0.104. The molecule has 0 amide bonds. The average Bonchev–Trinajstić information content (AvgIpc) is 2.76. The lowest BCUT2D eigenvalue weighted by Gasteiger charge is -2.58. The third-order valence-corrected chi connectivity index (χ3v) is 6.78. The number of likely N-dealkylation sites (tertiary alicyclic amines) is 1. The SMILES string of the molecule is CN(C)/C=C\c1c(OC2CC3(C2)CN(CCNc2cc(C=O)ccc2F)C3)ccc(Cl)c1C=O. The molecule has 1 saturated carbocycles. The van der Waals surface area contributed by atoms with Gasteiger partial charge in [-0.3, -0.25) is 9.59 Å². The molecule has 1 saturated heterocycles. The van der Waals surface area contributed by atoms with E-state index < -0.39 is 0 Å². The van der Waals surface area contributed by atoms with Crippen molar-refractivity contribution in [1.29, 1.82) is 0 Å². The van der Waals surface area contributed by atoms with E-state index in [4.69, 9.17) is 16.3 Å². The van der Waals surface area contributed by atoms with Crippen molar-refractivity contribution in [1.82, 2.24) is 9.80 Å². The Kier molecular flexibility index (Phi) is 7.24. The molecular weight excluding hydrogens is 457 g/mol. The zero-order valence-corrected chi connectivity index (χ0v) is 20.1. The maximum absolute atomic E-state index is 13.9. The maximum atomic E-state index is 13.9. The van der Waals surface area contributed by atoms with Gasteiger partial charge in [0.2, 0.25) is 0 Å². The first-order chi connectivity index (χ1) is 16.3. The zero-order chi connectivity index (χ0) is 24.3. The molecule has 0 radical (unpaired) electrons. The van der Waals surface area contributed by atoms with Crippen LogP contribution in [0.5, 0.6) is 5.75 Å². The molecule has 0 aromatic heterocycles. The summed E-state index contributed by atoms with van der Waals surface area (Å²) in [6.45, 7) is 3.38. The molecule has 34 heavy (non-hydrogen) atoms. The third-order valence-electron chi connectivity index (χ3n) is 6.45. The first-order valence-corrected chi connectivity index (χ1v) is 11.7. The van der Waals surface area contributed by atoms with Gasteiger partial charge in [0.05, 0.1) is 16.8 Å². The van der Waals surface area contributed by atoms with Crippen LogP contribution in [0.3, 0.4) is 0 Å². The Bertz CT molecular complexity index is 1090. The van der Waals surface area contributed by atoms with Crippen LogP contribution in [0.1, 0.15) is 39.1 Å². The Hall–Kier alpha value is -2.90. The summed E-state index contributed by atoms with van der Waals surface area (Å²) < 4.78 is 20.1. The Morgan fingerprint density at radius 2 is 1.94 bits per heavy atom. The van der Waals surface area contributed by atoms with Crippen molar-refractivity contribution in [2.75, 3.05) is 45.6 Å². The van der Waals surface area contributed by atoms with Gasteiger partial charge in [-0.1, -0.05) is 11.6 Å². The molecule has 1 aliphatic carbocycles. The summed E-state index contributed by atoms with van der Waals surface area (Å²) in [6.07, 6.45) is 7.23. The van der Waals surface area contributed by atoms with Gasteiger partial charge in [-0.25, -0.2) is 4.39 Å². The average molecular weight is 486 g/mol. The molecule has 2 aliphatic rings. The largest absolute Gasteiger partial charge is 0.490 e. The molecule has 2 aromatic rings. The van der Waals surface area contributed by atoms with Gasteiger partial charge in [-0.15, -0.1) is 0 Å². The number of halogens is 2. The molecule has 2 fully saturated rings. The van der Waals surface area contributed by atoms with Crippen LogP contribution in [0.15, 0.2) is 36.5 Å². The summed E-state index contributed by atoms with van der Waals surface area (Å²) in [5.74, 6) is 0.314. The number of hydrogen-bond acceptors (Lipinski definition) is 6. The van der Waals surface area contributed by atoms with E-state index in [-0.39, 0.29) is 17.3 Å². The van der Waals surface area contributed by atoms with Crippen molar-refractivity contribution in [2.24, 2.45) is 5.41 Å². The minimum Gasteiger partial charge on any atom is -0.490 e. The fourth-order valence-electron chi connectivity index (χ4n) is 4.80. The number of hydrogen-bond donors (Lipinski definition) is 1. The van der Waals surface area contributed by atoms with Crippen LogP contribution in [0.2, 0.25) is 5.02 Å². The van der Waals surface area contributed by atoms with E-state index in [0.29, 0.717) is 46.0 Å². The van der Waals surface area contributed by atoms with Crippen molar-refractivity contribution < 1.29 is 18.7 Å². The number of nitrogens with zero attached hydrogens (tertiary/aromatic N) is 2. The lowest BCUT2D eigenvalue weighted by Crippen LogP contribution is -2.65. The number of rotatable bonds is 10. The van der Waals surface area contributed by atoms with E-state index in [0.717, 1.165) is 38.8 Å². The normalized spacial score (nSPS) is 17.3. The summed E-state index contributed by atoms with van der Waals surface area (Å²) in [4.78, 5) is 26.7. The van der Waals surface area contributed by atoms with Gasteiger partial charge in [0, 0.05) is 62.4 Å². The van der Waals surface area contributed by atoms with E-state index in [1.54, 1.807) is 6.07 Å². The fraction of sp³-hybridized carbons (Fsp3) is 0.385. The molecule has 0 atom stereocenters. The molecule has 4 rings (SSSR count). The highest BCUT2D eigenvalue weighted by Crippen LogP contribution is 2.50. The smallest absolute Gasteiger partial charge is 0.152 e. The van der Waals surface area contributed by atoms with Gasteiger partial charge in [0.1, 0.15) is 17.9 Å². The topological polar surface area (TPSA) is 61.9 Å². The Labute approximate surface area is 204 Å². The molecule has 6 nitrogen and oxygen atoms in total. The monoisotopic (exact) mass is 485 g/mol. The van der Waals surface area contributed by atoms with E-state index in [9.17, 15) is 14.0 Å². The van der Waals surface area contributed by atoms with Gasteiger partial charge in [-0.2, -0.15) is 0 Å². The van der Waals surface area contributed by atoms with Gasteiger partial charge >= 0.3 is 0 Å². The number of nitrogens with one attached hydrogen (secondary N) is 1. The predicted octanol–water partition coefficient (Wildman–Crippen LogP) is 4.59. The lowest BCUT2D eigenvalue weighted by atomic mass is 9.61. The minimum atomic E-state index is -0.357. The van der Waals surface area contributed by atoms with Crippen molar-refractivity contribution in [3.8, 4) is 5.75 Å². The second-order valence-electron chi connectivity index (χ2n) is 9.41. The second-order valence-corrected chi connectivity index (χ2v) is 9.82. The Morgan fingerprint density at radius 3 is 2.62 bits per heavy atom. The zero-order valence-electron chi connectivity index (χ0n) is 19.4. The number of carbonyl (C=O) groups excluding carboxylic acids is 2. The summed E-state index contributed by atoms with van der Waals surface area (Å²) in [7, 11) is 3.82. The fourth-order valence-corrected chi connectivity index (χ4v) is 5.01. The third kappa shape index (κ3) is 5.26. The molecule has 1 heterocycles. The van der Waals surface area contributed by atoms with Crippen LogP contribution < -0.4 is 10.1 Å². The van der Waals surface area contributed by atoms with Crippen molar-refractivity contribution in [3.05, 3.63) is 64.1 Å². The van der Waals surface area contributed by atoms with Crippen LogP contribution in [-0.4, -0.2) is 68.8 Å². The standard InChI is InChI=1S/C26H29ClFN3O3/c1-30(2)9-7-20-21(15-33)22(27)4-6-25(20)34-19-12-26(13-19)16-31(17-26)10-8-29-24-11-18(14-32)3-5-23(24)28/h3-7,9,11,14-15,19,29H,8,10,12-13,16-17H2,1-2H3/b9-7-. The molecule has 8 heteroatoms. The van der Waals surface area contributed by atoms with Gasteiger partial charge in [0.25, 0.3) is 0 Å². The van der Waals surface area contributed by atoms with E-state index in [1.807, 2.05) is 37.3 Å². The molecule has 1 spiro atoms. The van der Waals surface area contributed by atoms with E-state index >= 15 is 0 Å². The van der Waals surface area contributed by atoms with E-state index in [2.05, 4.69) is 10.2 Å². The van der Waals surface area contributed by atoms with Crippen molar-refractivity contribution in [3.63, 3.8) is 0 Å². The van der Waals surface area contributed by atoms with Crippen LogP contribution in [0.4, 0.5) is 10.1 Å². The van der Waals surface area contributed by atoms with Gasteiger partial charge < -0.3 is 19.9 Å². The van der Waals surface area contributed by atoms with Gasteiger partial charge in [0.15, 0.2) is 6.29 Å². The van der Waals surface area contributed by atoms with Gasteiger partial charge in [-0.05, 0) is 55.4 Å². The van der Waals surface area contributed by atoms with Crippen molar-refractivity contribution >= 4 is 35.9 Å². The summed E-state index contributed by atoms with van der Waals surface area (Å²) in [5.41, 5.74) is 2.21. The van der Waals surface area contributed by atoms with E-state index in [1.165, 1.54) is 18.2 Å². The Morgan fingerprint density at radius 1 is 1.18 bits per heavy atom. The molecule has 0 unspecified atom stereocenters. The Balaban J connectivity index is 1.27. The number of aldehydes is 2. The number of carbonyl (C=O) groups is 2. The summed E-state index contributed by atoms with van der Waals surface area (Å²) >= 11 is 6.22. The van der Waals surface area contributed by atoms with Crippen LogP contribution in [0, 0.1) is 11.2 Å². The van der Waals surface area contributed by atoms with Crippen LogP contribution >= 0.6 is 11.6 Å². The molecule has 0 bridgehead atoms. The summed E-state index contributed by atoms with van der Waals surface area (Å²) in [5, 5.41) is 3.49. The lowest BCUT2D eigenvalue weighted by molar-refractivity contribution is -0.117. The second kappa shape index (κ2) is 10.2. The predicted molar refractivity (Wildman–Crippen MR) is 132 cm³/mol. The molecule has 180 valence electrons. The quantitative estimate of drug-likeness (QED) is 0.497. The highest BCUT2D eigenvalue weighted by atomic mass is 35.5. The highest BCUT2D eigenvalue weighted by Gasteiger charge is 2.53. The first-order valence-electron chi connectivity index (χ1n) is 11.3. The number of ether oxygens (including phenoxy) is 1. The molecule has 1 aliphatic heterocycles. The summed E-state index contributed by atoms with van der Waals surface area (Å²) in [6, 6.07) is 7.83. The molecule has 1 N–H and O–H groups in total. The number of benzene rings is 2. The molecular formula is C26H29ClFN3O3.